The van der Waals surface area contributed by atoms with Crippen molar-refractivity contribution in [3.05, 3.63) is 61.9 Å². The minimum absolute atomic E-state index is 0.0658. The zero-order chi connectivity index (χ0) is 19.2. The molecule has 0 heterocycles. The highest BCUT2D eigenvalue weighted by molar-refractivity contribution is 6.35. The SMILES string of the molecule is Cc1c(O)c2c(O)cc(=O)c3c4ccc(=O)c5c(O)ccc(c(c1C)c23)c54. The van der Waals surface area contributed by atoms with Gasteiger partial charge in [0.1, 0.15) is 17.2 Å². The molecule has 132 valence electrons. The van der Waals surface area contributed by atoms with E-state index in [1.807, 2.05) is 6.92 Å². The van der Waals surface area contributed by atoms with Crippen LogP contribution in [0.2, 0.25) is 0 Å². The number of rotatable bonds is 0. The molecule has 5 rings (SSSR count). The van der Waals surface area contributed by atoms with Crippen molar-refractivity contribution in [3.8, 4) is 17.2 Å². The normalized spacial score (nSPS) is 12.1. The van der Waals surface area contributed by atoms with Gasteiger partial charge in [-0.3, -0.25) is 9.59 Å². The first-order valence-corrected chi connectivity index (χ1v) is 8.48. The highest BCUT2D eigenvalue weighted by Crippen LogP contribution is 2.47. The van der Waals surface area contributed by atoms with Crippen LogP contribution in [0, 0.1) is 13.8 Å². The quantitative estimate of drug-likeness (QED) is 0.290. The monoisotopic (exact) mass is 358 g/mol. The topological polar surface area (TPSA) is 94.8 Å². The zero-order valence-corrected chi connectivity index (χ0v) is 14.5. The molecule has 5 heteroatoms. The van der Waals surface area contributed by atoms with Gasteiger partial charge in [-0.05, 0) is 59.3 Å². The molecule has 0 amide bonds. The van der Waals surface area contributed by atoms with Crippen molar-refractivity contribution in [1.29, 1.82) is 0 Å². The number of phenols is 3. The average molecular weight is 358 g/mol. The summed E-state index contributed by atoms with van der Waals surface area (Å²) in [5, 5.41) is 34.9. The minimum atomic E-state index is -0.405. The second-order valence-electron chi connectivity index (χ2n) is 6.99. The highest BCUT2D eigenvalue weighted by Gasteiger charge is 2.24. The van der Waals surface area contributed by atoms with E-state index in [2.05, 4.69) is 0 Å². The van der Waals surface area contributed by atoms with E-state index in [4.69, 9.17) is 0 Å². The van der Waals surface area contributed by atoms with Crippen LogP contribution in [-0.4, -0.2) is 15.3 Å². The van der Waals surface area contributed by atoms with Gasteiger partial charge < -0.3 is 15.3 Å². The van der Waals surface area contributed by atoms with Crippen LogP contribution in [0.25, 0.3) is 43.1 Å². The first-order valence-electron chi connectivity index (χ1n) is 8.48. The maximum absolute atomic E-state index is 12.8. The Morgan fingerprint density at radius 1 is 0.593 bits per heavy atom. The lowest BCUT2D eigenvalue weighted by Gasteiger charge is -2.19. The van der Waals surface area contributed by atoms with E-state index < -0.39 is 5.43 Å². The molecule has 5 aromatic rings. The predicted octanol–water partition coefficient (Wildman–Crippen LogP) is 3.63. The first-order chi connectivity index (χ1) is 12.8. The summed E-state index contributed by atoms with van der Waals surface area (Å²) < 4.78 is 0. The molecule has 0 fully saturated rings. The van der Waals surface area contributed by atoms with E-state index in [0.717, 1.165) is 11.6 Å². The molecule has 0 aromatic heterocycles. The summed E-state index contributed by atoms with van der Waals surface area (Å²) in [7, 11) is 0. The van der Waals surface area contributed by atoms with E-state index >= 15 is 0 Å². The van der Waals surface area contributed by atoms with Crippen molar-refractivity contribution < 1.29 is 15.3 Å². The third-order valence-corrected chi connectivity index (χ3v) is 5.69. The zero-order valence-electron chi connectivity index (χ0n) is 14.5. The van der Waals surface area contributed by atoms with E-state index in [1.54, 1.807) is 19.1 Å². The lowest BCUT2D eigenvalue weighted by atomic mass is 9.85. The van der Waals surface area contributed by atoms with Gasteiger partial charge in [-0.1, -0.05) is 6.07 Å². The van der Waals surface area contributed by atoms with Crippen LogP contribution in [0.4, 0.5) is 0 Å². The molecular weight excluding hydrogens is 344 g/mol. The molecule has 0 radical (unpaired) electrons. The van der Waals surface area contributed by atoms with Crippen LogP contribution in [0.5, 0.6) is 17.2 Å². The Morgan fingerprint density at radius 2 is 1.26 bits per heavy atom. The number of hydrogen-bond acceptors (Lipinski definition) is 5. The van der Waals surface area contributed by atoms with Crippen molar-refractivity contribution in [1.82, 2.24) is 0 Å². The third-order valence-electron chi connectivity index (χ3n) is 5.69. The lowest BCUT2D eigenvalue weighted by molar-refractivity contribution is 0.461. The molecule has 5 nitrogen and oxygen atoms in total. The maximum atomic E-state index is 12.8. The van der Waals surface area contributed by atoms with Crippen LogP contribution in [0.15, 0.2) is 39.9 Å². The molecule has 0 bridgehead atoms. The van der Waals surface area contributed by atoms with Crippen molar-refractivity contribution in [2.75, 3.05) is 0 Å². The first kappa shape index (κ1) is 15.6. The largest absolute Gasteiger partial charge is 0.507 e. The number of aryl methyl sites for hydroxylation is 1. The average Bonchev–Trinajstić information content (AvgIpc) is 2.62. The van der Waals surface area contributed by atoms with Crippen LogP contribution < -0.4 is 10.9 Å². The van der Waals surface area contributed by atoms with Gasteiger partial charge in [0, 0.05) is 22.2 Å². The molecule has 27 heavy (non-hydrogen) atoms. The van der Waals surface area contributed by atoms with Gasteiger partial charge >= 0.3 is 0 Å². The van der Waals surface area contributed by atoms with Gasteiger partial charge in [0.05, 0.1) is 10.8 Å². The van der Waals surface area contributed by atoms with Crippen LogP contribution in [-0.2, 0) is 0 Å². The molecule has 0 spiro atoms. The minimum Gasteiger partial charge on any atom is -0.507 e. The Balaban J connectivity index is 2.38. The second kappa shape index (κ2) is 4.76. The van der Waals surface area contributed by atoms with E-state index in [1.165, 1.54) is 12.1 Å². The summed E-state index contributed by atoms with van der Waals surface area (Å²) in [6, 6.07) is 7.14. The molecule has 3 N–H and O–H groups in total. The van der Waals surface area contributed by atoms with Crippen LogP contribution >= 0.6 is 0 Å². The van der Waals surface area contributed by atoms with Crippen molar-refractivity contribution in [2.24, 2.45) is 0 Å². The van der Waals surface area contributed by atoms with Gasteiger partial charge in [0.25, 0.3) is 0 Å². The van der Waals surface area contributed by atoms with Gasteiger partial charge in [-0.15, -0.1) is 0 Å². The van der Waals surface area contributed by atoms with Gasteiger partial charge in [-0.2, -0.15) is 0 Å². The Morgan fingerprint density at radius 3 is 2.00 bits per heavy atom. The van der Waals surface area contributed by atoms with Crippen molar-refractivity contribution >= 4 is 43.1 Å². The molecule has 0 atom stereocenters. The van der Waals surface area contributed by atoms with Gasteiger partial charge in [0.2, 0.25) is 0 Å². The van der Waals surface area contributed by atoms with Gasteiger partial charge in [-0.25, -0.2) is 0 Å². The molecule has 0 aliphatic heterocycles. The number of benzene rings is 5. The Kier molecular flexibility index (Phi) is 2.76. The van der Waals surface area contributed by atoms with Crippen LogP contribution in [0.1, 0.15) is 11.1 Å². The summed E-state index contributed by atoms with van der Waals surface area (Å²) in [5.41, 5.74) is 0.602. The van der Waals surface area contributed by atoms with Gasteiger partial charge in [0.15, 0.2) is 10.9 Å². The molecule has 0 unspecified atom stereocenters. The van der Waals surface area contributed by atoms with E-state index in [-0.39, 0.29) is 33.4 Å². The number of fused-ring (bicyclic) bond motifs is 2. The number of phenolic OH excluding ortho intramolecular Hbond substituents is 3. The molecule has 0 saturated heterocycles. The number of hydrogen-bond donors (Lipinski definition) is 3. The van der Waals surface area contributed by atoms with E-state index in [9.17, 15) is 24.9 Å². The fourth-order valence-corrected chi connectivity index (χ4v) is 4.34. The third kappa shape index (κ3) is 1.68. The lowest BCUT2D eigenvalue weighted by Crippen LogP contribution is -2.06. The van der Waals surface area contributed by atoms with Crippen molar-refractivity contribution in [2.45, 2.75) is 13.8 Å². The molecule has 0 aliphatic carbocycles. The summed E-state index contributed by atoms with van der Waals surface area (Å²) in [6.45, 7) is 3.56. The number of aromatic hydroxyl groups is 3. The predicted molar refractivity (Wildman–Crippen MR) is 106 cm³/mol. The maximum Gasteiger partial charge on any atom is 0.190 e. The summed E-state index contributed by atoms with van der Waals surface area (Å²) in [4.78, 5) is 25.2. The summed E-state index contributed by atoms with van der Waals surface area (Å²) in [5.74, 6) is -0.483. The molecule has 0 aliphatic rings. The Hall–Kier alpha value is -3.60. The molecule has 5 aromatic carbocycles. The standard InChI is InChI=1S/C22H14O5/c1-8-9(2)22(27)20-15(26)7-14(25)18-11-4-6-13(24)19-12(23)5-3-10(17(11)19)16(8)21(18)20/h3-7,23,26-27H,1-2H3. The van der Waals surface area contributed by atoms with E-state index in [0.29, 0.717) is 37.9 Å². The summed E-state index contributed by atoms with van der Waals surface area (Å²) in [6.07, 6.45) is 0. The fourth-order valence-electron chi connectivity index (χ4n) is 4.34. The second-order valence-corrected chi connectivity index (χ2v) is 6.99. The Labute approximate surface area is 152 Å². The fraction of sp³-hybridized carbons (Fsp3) is 0.0909. The summed E-state index contributed by atoms with van der Waals surface area (Å²) >= 11 is 0. The molecule has 0 saturated carbocycles. The smallest absolute Gasteiger partial charge is 0.190 e. The highest BCUT2D eigenvalue weighted by atomic mass is 16.3. The van der Waals surface area contributed by atoms with Crippen LogP contribution in [0.3, 0.4) is 0 Å². The Bertz CT molecular complexity index is 1550. The van der Waals surface area contributed by atoms with Crippen molar-refractivity contribution in [3.63, 3.8) is 0 Å². The molecular formula is C22H14O5.